The minimum atomic E-state index is -3.38. The van der Waals surface area contributed by atoms with Crippen LogP contribution in [0, 0.1) is 0 Å². The highest BCUT2D eigenvalue weighted by Crippen LogP contribution is 2.19. The van der Waals surface area contributed by atoms with E-state index < -0.39 is 25.7 Å². The molecule has 3 aromatic carbocycles. The van der Waals surface area contributed by atoms with Gasteiger partial charge in [-0.05, 0) is 35.2 Å². The van der Waals surface area contributed by atoms with Crippen molar-refractivity contribution in [3.63, 3.8) is 0 Å². The van der Waals surface area contributed by atoms with Crippen molar-refractivity contribution in [3.8, 4) is 0 Å². The zero-order valence-corrected chi connectivity index (χ0v) is 19.4. The minimum Gasteiger partial charge on any atom is -0.411 e. The Balaban J connectivity index is 2.20. The van der Waals surface area contributed by atoms with Gasteiger partial charge in [0, 0.05) is 0 Å². The molecule has 0 aromatic heterocycles. The van der Waals surface area contributed by atoms with Gasteiger partial charge in [0.2, 0.25) is 0 Å². The van der Waals surface area contributed by atoms with Crippen molar-refractivity contribution >= 4 is 41.2 Å². The third-order valence-corrected chi connectivity index (χ3v) is 13.8. The van der Waals surface area contributed by atoms with Gasteiger partial charge in [0.25, 0.3) is 0 Å². The van der Waals surface area contributed by atoms with Gasteiger partial charge in [-0.25, -0.2) is 0 Å². The molecule has 146 valence electrons. The van der Waals surface area contributed by atoms with E-state index in [1.54, 1.807) is 19.6 Å². The maximum atomic E-state index is 11.4. The largest absolute Gasteiger partial charge is 0.411 e. The summed E-state index contributed by atoms with van der Waals surface area (Å²) < 4.78 is 13.1. The average molecular weight is 427 g/mol. The smallest absolute Gasteiger partial charge is 0.389 e. The van der Waals surface area contributed by atoms with E-state index in [2.05, 4.69) is 0 Å². The molecule has 3 rings (SSSR count). The van der Waals surface area contributed by atoms with Gasteiger partial charge in [-0.2, -0.15) is 0 Å². The first-order valence-corrected chi connectivity index (χ1v) is 16.3. The standard InChI is InChI=1S/C21H26O4Si3/c1-26(2,22)24-28(20-15-9-5-10-16-20,21-17-11-6-12-18-21)25-27(3,23)19-13-7-4-8-14-19/h4-18,22-23H,1-3H3. The van der Waals surface area contributed by atoms with E-state index in [0.29, 0.717) is 0 Å². The summed E-state index contributed by atoms with van der Waals surface area (Å²) in [5, 5.41) is 2.49. The summed E-state index contributed by atoms with van der Waals surface area (Å²) in [4.78, 5) is 22.2. The Morgan fingerprint density at radius 2 is 0.893 bits per heavy atom. The van der Waals surface area contributed by atoms with Crippen molar-refractivity contribution < 1.29 is 17.8 Å². The number of hydrogen-bond acceptors (Lipinski definition) is 4. The summed E-state index contributed by atoms with van der Waals surface area (Å²) in [6, 6.07) is 28.8. The van der Waals surface area contributed by atoms with Crippen molar-refractivity contribution in [1.82, 2.24) is 0 Å². The van der Waals surface area contributed by atoms with E-state index in [0.717, 1.165) is 15.6 Å². The van der Waals surface area contributed by atoms with Crippen LogP contribution in [0.15, 0.2) is 91.0 Å². The molecule has 0 aliphatic rings. The molecule has 0 aliphatic carbocycles. The van der Waals surface area contributed by atoms with E-state index in [-0.39, 0.29) is 0 Å². The molecule has 3 aromatic rings. The van der Waals surface area contributed by atoms with Crippen LogP contribution in [0.5, 0.6) is 0 Å². The molecule has 1 unspecified atom stereocenters. The first-order chi connectivity index (χ1) is 13.2. The van der Waals surface area contributed by atoms with Gasteiger partial charge in [-0.1, -0.05) is 91.0 Å². The Bertz CT molecular complexity index is 842. The predicted molar refractivity (Wildman–Crippen MR) is 120 cm³/mol. The minimum absolute atomic E-state index is 0.764. The predicted octanol–water partition coefficient (Wildman–Crippen LogP) is 1.94. The molecule has 1 atom stereocenters. The molecule has 0 saturated heterocycles. The van der Waals surface area contributed by atoms with E-state index in [9.17, 15) is 9.59 Å². The van der Waals surface area contributed by atoms with Crippen LogP contribution >= 0.6 is 0 Å². The second kappa shape index (κ2) is 8.26. The summed E-state index contributed by atoms with van der Waals surface area (Å²) >= 11 is 0. The normalized spacial score (nSPS) is 14.5. The van der Waals surface area contributed by atoms with Gasteiger partial charge in [0.1, 0.15) is 0 Å². The lowest BCUT2D eigenvalue weighted by Gasteiger charge is -2.40. The van der Waals surface area contributed by atoms with Gasteiger partial charge >= 0.3 is 25.7 Å². The highest BCUT2D eigenvalue weighted by Gasteiger charge is 2.52. The maximum Gasteiger partial charge on any atom is 0.389 e. The summed E-state index contributed by atoms with van der Waals surface area (Å²) in [5.41, 5.74) is 0. The summed E-state index contributed by atoms with van der Waals surface area (Å²) in [6.07, 6.45) is 0. The van der Waals surface area contributed by atoms with Gasteiger partial charge in [0.15, 0.2) is 0 Å². The Labute approximate surface area is 169 Å². The van der Waals surface area contributed by atoms with E-state index in [1.165, 1.54) is 0 Å². The fourth-order valence-electron chi connectivity index (χ4n) is 3.18. The first-order valence-electron chi connectivity index (χ1n) is 9.25. The van der Waals surface area contributed by atoms with Crippen LogP contribution in [0.4, 0.5) is 0 Å². The molecule has 0 bridgehead atoms. The summed E-state index contributed by atoms with van der Waals surface area (Å²) in [6.45, 7) is 5.21. The van der Waals surface area contributed by atoms with Gasteiger partial charge in [0.05, 0.1) is 0 Å². The quantitative estimate of drug-likeness (QED) is 0.567. The fourth-order valence-corrected chi connectivity index (χ4v) is 13.5. The summed E-state index contributed by atoms with van der Waals surface area (Å²) in [7, 11) is -9.72. The Hall–Kier alpha value is -1.85. The van der Waals surface area contributed by atoms with Crippen LogP contribution < -0.4 is 15.6 Å². The molecule has 0 fully saturated rings. The maximum absolute atomic E-state index is 11.4. The molecular formula is C21H26O4Si3. The average Bonchev–Trinajstić information content (AvgIpc) is 2.68. The van der Waals surface area contributed by atoms with Crippen LogP contribution in [-0.4, -0.2) is 35.3 Å². The zero-order chi connectivity index (χ0) is 20.3. The summed E-state index contributed by atoms with van der Waals surface area (Å²) in [5.74, 6) is 0. The lowest BCUT2D eigenvalue weighted by molar-refractivity contribution is 0.308. The van der Waals surface area contributed by atoms with Gasteiger partial charge < -0.3 is 17.8 Å². The first kappa shape index (κ1) is 20.9. The van der Waals surface area contributed by atoms with Crippen LogP contribution in [0.2, 0.25) is 19.6 Å². The molecule has 0 amide bonds. The fraction of sp³-hybridized carbons (Fsp3) is 0.143. The van der Waals surface area contributed by atoms with Crippen LogP contribution in [0.1, 0.15) is 0 Å². The van der Waals surface area contributed by atoms with Crippen molar-refractivity contribution in [2.24, 2.45) is 0 Å². The second-order valence-corrected chi connectivity index (χ2v) is 16.8. The SMILES string of the molecule is C[Si](C)(O)O[Si](O[Si](C)(O)c1ccccc1)(c1ccccc1)c1ccccc1. The molecule has 0 aliphatic heterocycles. The zero-order valence-electron chi connectivity index (χ0n) is 16.4. The van der Waals surface area contributed by atoms with Crippen molar-refractivity contribution in [2.75, 3.05) is 0 Å². The number of rotatable bonds is 7. The van der Waals surface area contributed by atoms with E-state index in [4.69, 9.17) is 8.23 Å². The number of hydrogen-bond donors (Lipinski definition) is 2. The monoisotopic (exact) mass is 426 g/mol. The van der Waals surface area contributed by atoms with Gasteiger partial charge in [-0.3, -0.25) is 0 Å². The molecule has 0 saturated carbocycles. The molecule has 28 heavy (non-hydrogen) atoms. The highest BCUT2D eigenvalue weighted by atomic mass is 28.5. The Kier molecular flexibility index (Phi) is 6.16. The molecule has 0 radical (unpaired) electrons. The van der Waals surface area contributed by atoms with Crippen molar-refractivity contribution in [2.45, 2.75) is 19.6 Å². The van der Waals surface area contributed by atoms with Gasteiger partial charge in [-0.15, -0.1) is 0 Å². The third-order valence-electron chi connectivity index (χ3n) is 4.35. The molecule has 0 spiro atoms. The third kappa shape index (κ3) is 4.76. The molecular weight excluding hydrogens is 400 g/mol. The lowest BCUT2D eigenvalue weighted by Crippen LogP contribution is -2.72. The topological polar surface area (TPSA) is 58.9 Å². The van der Waals surface area contributed by atoms with Crippen LogP contribution in [-0.2, 0) is 8.23 Å². The molecule has 4 nitrogen and oxygen atoms in total. The van der Waals surface area contributed by atoms with E-state index in [1.807, 2.05) is 91.0 Å². The second-order valence-electron chi connectivity index (χ2n) is 7.35. The Morgan fingerprint density at radius 3 is 1.25 bits per heavy atom. The molecule has 0 heterocycles. The van der Waals surface area contributed by atoms with Crippen LogP contribution in [0.25, 0.3) is 0 Å². The molecule has 7 heteroatoms. The number of benzene rings is 3. The lowest BCUT2D eigenvalue weighted by atomic mass is 10.4. The van der Waals surface area contributed by atoms with Crippen molar-refractivity contribution in [3.05, 3.63) is 91.0 Å². The highest BCUT2D eigenvalue weighted by molar-refractivity contribution is 7.02. The Morgan fingerprint density at radius 1 is 0.536 bits per heavy atom. The van der Waals surface area contributed by atoms with Crippen LogP contribution in [0.3, 0.4) is 0 Å². The molecule has 2 N–H and O–H groups in total. The van der Waals surface area contributed by atoms with E-state index >= 15 is 0 Å². The van der Waals surface area contributed by atoms with Crippen molar-refractivity contribution in [1.29, 1.82) is 0 Å².